The van der Waals surface area contributed by atoms with Gasteiger partial charge in [0.25, 0.3) is 0 Å². The van der Waals surface area contributed by atoms with Gasteiger partial charge in [0.05, 0.1) is 11.1 Å². The molecule has 0 radical (unpaired) electrons. The van der Waals surface area contributed by atoms with Gasteiger partial charge in [-0.15, -0.1) is 0 Å². The second kappa shape index (κ2) is 7.16. The average molecular weight is 470 g/mol. The zero-order valence-corrected chi connectivity index (χ0v) is 21.3. The summed E-state index contributed by atoms with van der Waals surface area (Å²) < 4.78 is 59.0. The van der Waals surface area contributed by atoms with Crippen LogP contribution in [0, 0.1) is 20.6 Å². The largest absolute Gasteiger partial charge is 0.437 e. The highest BCUT2D eigenvalue weighted by atomic mass is 16.3. The maximum atomic E-state index is 8.44. The van der Waals surface area contributed by atoms with E-state index in [-0.39, 0.29) is 16.4 Å². The van der Waals surface area contributed by atoms with E-state index in [1.165, 1.54) is 0 Å². The van der Waals surface area contributed by atoms with Crippen LogP contribution in [0.2, 0.25) is 0 Å². The van der Waals surface area contributed by atoms with Crippen molar-refractivity contribution in [2.24, 2.45) is 7.05 Å². The van der Waals surface area contributed by atoms with Crippen LogP contribution in [0.5, 0.6) is 0 Å². The Hall–Kier alpha value is -3.20. The molecule has 0 amide bonds. The highest BCUT2D eigenvalue weighted by Gasteiger charge is 2.44. The molecule has 0 saturated carbocycles. The summed E-state index contributed by atoms with van der Waals surface area (Å²) in [6.45, 7) is 5.83. The molecule has 1 aliphatic rings. The maximum Gasteiger partial charge on any atom is 0.227 e. The lowest BCUT2D eigenvalue weighted by molar-refractivity contribution is -0.661. The number of aromatic nitrogens is 2. The number of hydrogen-bond acceptors (Lipinski definition) is 2. The molecule has 6 rings (SSSR count). The lowest BCUT2D eigenvalue weighted by Crippen LogP contribution is -2.42. The minimum absolute atomic E-state index is 0.222. The molecule has 0 bridgehead atoms. The summed E-state index contributed by atoms with van der Waals surface area (Å²) in [7, 11) is 1.88. The number of aryl methyl sites for hydroxylation is 4. The number of rotatable bonds is 1. The zero-order valence-electron chi connectivity index (χ0n) is 27.3. The molecule has 0 N–H and O–H groups in total. The topological polar surface area (TPSA) is 29.9 Å². The van der Waals surface area contributed by atoms with Gasteiger partial charge in [0.2, 0.25) is 11.4 Å². The molecule has 3 nitrogen and oxygen atoms in total. The first-order valence-electron chi connectivity index (χ1n) is 15.3. The van der Waals surface area contributed by atoms with Gasteiger partial charge in [-0.25, -0.2) is 9.55 Å². The summed E-state index contributed by atoms with van der Waals surface area (Å²) in [5.41, 5.74) is 5.72. The van der Waals surface area contributed by atoms with E-state index in [4.69, 9.17) is 17.6 Å². The van der Waals surface area contributed by atoms with Crippen LogP contribution in [0.25, 0.3) is 44.2 Å². The van der Waals surface area contributed by atoms with Gasteiger partial charge in [0, 0.05) is 35.5 Å². The summed E-state index contributed by atoms with van der Waals surface area (Å²) in [6, 6.07) is 11.4. The predicted molar refractivity (Wildman–Crippen MR) is 145 cm³/mol. The minimum Gasteiger partial charge on any atom is -0.437 e. The number of nitrogens with zero attached hydrogens (tertiary/aromatic N) is 2. The van der Waals surface area contributed by atoms with Crippen molar-refractivity contribution in [3.8, 4) is 11.3 Å². The van der Waals surface area contributed by atoms with E-state index in [2.05, 4.69) is 27.7 Å². The van der Waals surface area contributed by atoms with Crippen molar-refractivity contribution in [2.45, 2.75) is 72.0 Å². The number of benzene rings is 2. The summed E-state index contributed by atoms with van der Waals surface area (Å²) >= 11 is 0. The Morgan fingerprint density at radius 2 is 1.66 bits per heavy atom. The second-order valence-electron chi connectivity index (χ2n) is 11.5. The van der Waals surface area contributed by atoms with Gasteiger partial charge in [-0.1, -0.05) is 52.0 Å². The van der Waals surface area contributed by atoms with E-state index < -0.39 is 13.7 Å². The Kier molecular flexibility index (Phi) is 3.37. The molecule has 178 valence electrons. The van der Waals surface area contributed by atoms with E-state index in [1.807, 2.05) is 48.9 Å². The van der Waals surface area contributed by atoms with Gasteiger partial charge >= 0.3 is 0 Å². The van der Waals surface area contributed by atoms with Gasteiger partial charge in [-0.3, -0.25) is 0 Å². The Labute approximate surface area is 216 Å². The lowest BCUT2D eigenvalue weighted by Gasteiger charge is -2.42. The summed E-state index contributed by atoms with van der Waals surface area (Å²) in [4.78, 5) is 4.78. The normalized spacial score (nSPS) is 20.1. The first-order valence-corrected chi connectivity index (χ1v) is 12.3. The molecule has 0 atom stereocenters. The fourth-order valence-electron chi connectivity index (χ4n) is 6.19. The monoisotopic (exact) mass is 469 g/mol. The van der Waals surface area contributed by atoms with E-state index >= 15 is 0 Å². The molecule has 0 fully saturated rings. The van der Waals surface area contributed by atoms with Crippen LogP contribution in [-0.2, 0) is 17.9 Å². The molecule has 3 aromatic heterocycles. The Bertz CT molecular complexity index is 1890. The fourth-order valence-corrected chi connectivity index (χ4v) is 6.19. The van der Waals surface area contributed by atoms with Crippen molar-refractivity contribution >= 4 is 33.0 Å². The predicted octanol–water partition coefficient (Wildman–Crippen LogP) is 7.90. The third kappa shape index (κ3) is 3.10. The standard InChI is InChI=1S/C32H35N2O/c1-18-15-19(2)25(29-24(18)22-16-21-11-9-10-12-23(21)33-30(22)35-29)28-27-26(20(3)17-34(28)8)31(4,5)13-14-32(27,6)7/h9-12,15-17H,13-14H2,1-8H3/q+1/i1D3,3D3. The Morgan fingerprint density at radius 1 is 0.943 bits per heavy atom. The van der Waals surface area contributed by atoms with Gasteiger partial charge in [0.15, 0.2) is 11.8 Å². The maximum absolute atomic E-state index is 8.44. The Morgan fingerprint density at radius 3 is 2.40 bits per heavy atom. The molecule has 0 spiro atoms. The fraction of sp³-hybridized carbons (Fsp3) is 0.375. The van der Waals surface area contributed by atoms with E-state index in [0.717, 1.165) is 51.7 Å². The molecular formula is C32H35N2O+. The van der Waals surface area contributed by atoms with Gasteiger partial charge < -0.3 is 4.42 Å². The smallest absolute Gasteiger partial charge is 0.227 e. The third-order valence-corrected chi connectivity index (χ3v) is 8.03. The van der Waals surface area contributed by atoms with Crippen molar-refractivity contribution in [2.75, 3.05) is 0 Å². The number of fused-ring (bicyclic) bond motifs is 5. The number of furan rings is 1. The van der Waals surface area contributed by atoms with Crippen molar-refractivity contribution in [1.29, 1.82) is 0 Å². The van der Waals surface area contributed by atoms with E-state index in [1.54, 1.807) is 12.3 Å². The molecule has 0 saturated heterocycles. The summed E-state index contributed by atoms with van der Waals surface area (Å²) in [5, 5.41) is 2.08. The first kappa shape index (κ1) is 16.5. The van der Waals surface area contributed by atoms with Crippen LogP contribution in [0.15, 0.2) is 47.0 Å². The highest BCUT2D eigenvalue weighted by Crippen LogP contribution is 2.51. The number of hydrogen-bond donors (Lipinski definition) is 0. The van der Waals surface area contributed by atoms with Gasteiger partial charge in [-0.05, 0) is 73.1 Å². The molecule has 35 heavy (non-hydrogen) atoms. The average Bonchev–Trinajstić information content (AvgIpc) is 3.21. The van der Waals surface area contributed by atoms with Crippen LogP contribution in [-0.4, -0.2) is 4.98 Å². The number of pyridine rings is 2. The summed E-state index contributed by atoms with van der Waals surface area (Å²) in [6.07, 6.45) is 3.48. The molecular weight excluding hydrogens is 428 g/mol. The van der Waals surface area contributed by atoms with Crippen molar-refractivity contribution in [3.05, 3.63) is 70.4 Å². The van der Waals surface area contributed by atoms with Crippen molar-refractivity contribution < 1.29 is 17.2 Å². The molecule has 2 aromatic carbocycles. The first-order chi connectivity index (χ1) is 18.9. The quantitative estimate of drug-likeness (QED) is 0.234. The third-order valence-electron chi connectivity index (χ3n) is 8.03. The second-order valence-corrected chi connectivity index (χ2v) is 11.5. The molecule has 5 aromatic rings. The number of para-hydroxylation sites is 1. The van der Waals surface area contributed by atoms with Crippen molar-refractivity contribution in [1.82, 2.24) is 4.98 Å². The molecule has 0 unspecified atom stereocenters. The zero-order chi connectivity index (χ0) is 29.9. The summed E-state index contributed by atoms with van der Waals surface area (Å²) in [5.74, 6) is 0. The molecule has 0 aliphatic heterocycles. The van der Waals surface area contributed by atoms with E-state index in [0.29, 0.717) is 27.6 Å². The van der Waals surface area contributed by atoms with Crippen LogP contribution < -0.4 is 4.57 Å². The van der Waals surface area contributed by atoms with Crippen LogP contribution in [0.4, 0.5) is 0 Å². The Balaban J connectivity index is 1.85. The molecule has 1 aliphatic carbocycles. The van der Waals surface area contributed by atoms with Crippen LogP contribution in [0.3, 0.4) is 0 Å². The molecule has 3 heteroatoms. The van der Waals surface area contributed by atoms with Crippen LogP contribution in [0.1, 0.15) is 76.6 Å². The minimum atomic E-state index is -2.38. The lowest BCUT2D eigenvalue weighted by atomic mass is 9.61. The van der Waals surface area contributed by atoms with Crippen LogP contribution >= 0.6 is 0 Å². The van der Waals surface area contributed by atoms with E-state index in [9.17, 15) is 0 Å². The highest BCUT2D eigenvalue weighted by molar-refractivity contribution is 6.13. The van der Waals surface area contributed by atoms with Gasteiger partial charge in [-0.2, -0.15) is 0 Å². The SMILES string of the molecule is [2H]C([2H])([2H])c1c[n+](C)c(-c2c(C)cc(C([2H])([2H])[2H])c3c2oc2nc4ccccc4cc23)c2c1C(C)(C)CCC2(C)C. The van der Waals surface area contributed by atoms with Crippen molar-refractivity contribution in [3.63, 3.8) is 0 Å². The van der Waals surface area contributed by atoms with Gasteiger partial charge in [0.1, 0.15) is 7.05 Å². The molecule has 3 heterocycles.